The Bertz CT molecular complexity index is 291. The molecule has 90 valence electrons. The standard InChI is InChI=1S/C11H21N5/c1-3-6-13-11(12-4-2)14-8-10-16-9-5-7-15-16/h5,7,9H,3-4,6,8,10H2,1-2H3,(H2,12,13,14). The molecule has 0 aliphatic heterocycles. The molecule has 16 heavy (non-hydrogen) atoms. The lowest BCUT2D eigenvalue weighted by molar-refractivity contribution is 0.598. The summed E-state index contributed by atoms with van der Waals surface area (Å²) in [5.41, 5.74) is 0. The maximum Gasteiger partial charge on any atom is 0.191 e. The van der Waals surface area contributed by atoms with Crippen LogP contribution >= 0.6 is 0 Å². The highest BCUT2D eigenvalue weighted by Crippen LogP contribution is 1.83. The highest BCUT2D eigenvalue weighted by molar-refractivity contribution is 5.79. The highest BCUT2D eigenvalue weighted by Gasteiger charge is 1.95. The fourth-order valence-electron chi connectivity index (χ4n) is 1.29. The van der Waals surface area contributed by atoms with E-state index in [0.717, 1.165) is 38.6 Å². The van der Waals surface area contributed by atoms with Crippen molar-refractivity contribution in [1.29, 1.82) is 0 Å². The van der Waals surface area contributed by atoms with E-state index in [2.05, 4.69) is 34.6 Å². The Morgan fingerprint density at radius 3 is 2.88 bits per heavy atom. The van der Waals surface area contributed by atoms with Crippen molar-refractivity contribution < 1.29 is 0 Å². The third-order valence-corrected chi connectivity index (χ3v) is 2.03. The number of nitrogens with zero attached hydrogens (tertiary/aromatic N) is 3. The average molecular weight is 223 g/mol. The minimum atomic E-state index is 0.831. The first kappa shape index (κ1) is 12.5. The Morgan fingerprint density at radius 1 is 1.38 bits per heavy atom. The van der Waals surface area contributed by atoms with Gasteiger partial charge in [-0.25, -0.2) is 0 Å². The quantitative estimate of drug-likeness (QED) is 0.555. The van der Waals surface area contributed by atoms with Crippen LogP contribution in [0.25, 0.3) is 0 Å². The zero-order valence-electron chi connectivity index (χ0n) is 10.1. The summed E-state index contributed by atoms with van der Waals surface area (Å²) in [5.74, 6) is 0.886. The molecule has 0 spiro atoms. The van der Waals surface area contributed by atoms with Crippen LogP contribution < -0.4 is 10.6 Å². The average Bonchev–Trinajstić information content (AvgIpc) is 2.79. The van der Waals surface area contributed by atoms with Gasteiger partial charge < -0.3 is 10.6 Å². The second kappa shape index (κ2) is 7.73. The topological polar surface area (TPSA) is 54.2 Å². The van der Waals surface area contributed by atoms with Gasteiger partial charge in [-0.15, -0.1) is 0 Å². The number of hydrogen-bond acceptors (Lipinski definition) is 2. The molecule has 1 rings (SSSR count). The molecule has 0 saturated heterocycles. The minimum absolute atomic E-state index is 0.831. The summed E-state index contributed by atoms with van der Waals surface area (Å²) in [5, 5.41) is 10.6. The summed E-state index contributed by atoms with van der Waals surface area (Å²) >= 11 is 0. The molecule has 0 atom stereocenters. The van der Waals surface area contributed by atoms with E-state index < -0.39 is 0 Å². The van der Waals surface area contributed by atoms with Crippen LogP contribution in [0, 0.1) is 0 Å². The number of nitrogens with one attached hydrogen (secondary N) is 2. The van der Waals surface area contributed by atoms with Crippen LogP contribution in [0.5, 0.6) is 0 Å². The first-order valence-corrected chi connectivity index (χ1v) is 5.86. The first-order chi connectivity index (χ1) is 7.86. The predicted molar refractivity (Wildman–Crippen MR) is 66.5 cm³/mol. The van der Waals surface area contributed by atoms with Crippen LogP contribution in [0.1, 0.15) is 20.3 Å². The predicted octanol–water partition coefficient (Wildman–Crippen LogP) is 0.848. The lowest BCUT2D eigenvalue weighted by Crippen LogP contribution is -2.39. The Balaban J connectivity index is 2.26. The van der Waals surface area contributed by atoms with Crippen LogP contribution in [0.2, 0.25) is 0 Å². The van der Waals surface area contributed by atoms with Gasteiger partial charge in [-0.2, -0.15) is 5.10 Å². The minimum Gasteiger partial charge on any atom is -0.357 e. The lowest BCUT2D eigenvalue weighted by atomic mass is 10.5. The summed E-state index contributed by atoms with van der Waals surface area (Å²) in [7, 11) is 0. The maximum atomic E-state index is 4.42. The molecule has 0 aromatic carbocycles. The molecule has 5 heteroatoms. The van der Waals surface area contributed by atoms with Crippen LogP contribution in [0.4, 0.5) is 0 Å². The van der Waals surface area contributed by atoms with E-state index in [0.29, 0.717) is 0 Å². The fraction of sp³-hybridized carbons (Fsp3) is 0.636. The van der Waals surface area contributed by atoms with Crippen molar-refractivity contribution in [3.05, 3.63) is 18.5 Å². The smallest absolute Gasteiger partial charge is 0.191 e. The van der Waals surface area contributed by atoms with E-state index in [1.807, 2.05) is 16.9 Å². The van der Waals surface area contributed by atoms with Gasteiger partial charge in [0.1, 0.15) is 0 Å². The van der Waals surface area contributed by atoms with E-state index in [4.69, 9.17) is 0 Å². The highest BCUT2D eigenvalue weighted by atomic mass is 15.3. The second-order valence-electron chi connectivity index (χ2n) is 3.46. The molecule has 1 aromatic rings. The second-order valence-corrected chi connectivity index (χ2v) is 3.46. The van der Waals surface area contributed by atoms with Gasteiger partial charge in [0.2, 0.25) is 0 Å². The van der Waals surface area contributed by atoms with Crippen molar-refractivity contribution in [2.24, 2.45) is 4.99 Å². The van der Waals surface area contributed by atoms with Crippen molar-refractivity contribution in [2.75, 3.05) is 19.6 Å². The van der Waals surface area contributed by atoms with Crippen molar-refractivity contribution in [1.82, 2.24) is 20.4 Å². The van der Waals surface area contributed by atoms with Crippen LogP contribution in [0.15, 0.2) is 23.5 Å². The molecule has 1 heterocycles. The van der Waals surface area contributed by atoms with E-state index in [-0.39, 0.29) is 0 Å². The Labute approximate surface area is 97.0 Å². The summed E-state index contributed by atoms with van der Waals surface area (Å²) in [6, 6.07) is 1.93. The van der Waals surface area contributed by atoms with Gasteiger partial charge in [-0.05, 0) is 19.4 Å². The summed E-state index contributed by atoms with van der Waals surface area (Å²) < 4.78 is 1.90. The Kier molecular flexibility index (Phi) is 6.06. The lowest BCUT2D eigenvalue weighted by Gasteiger charge is -2.10. The number of aromatic nitrogens is 2. The normalized spacial score (nSPS) is 11.5. The van der Waals surface area contributed by atoms with Gasteiger partial charge >= 0.3 is 0 Å². The summed E-state index contributed by atoms with van der Waals surface area (Å²) in [6.45, 7) is 7.61. The number of rotatable bonds is 6. The molecule has 0 radical (unpaired) electrons. The van der Waals surface area contributed by atoms with Gasteiger partial charge in [0, 0.05) is 32.0 Å². The van der Waals surface area contributed by atoms with Gasteiger partial charge in [-0.3, -0.25) is 9.67 Å². The zero-order valence-corrected chi connectivity index (χ0v) is 10.1. The molecule has 5 nitrogen and oxygen atoms in total. The monoisotopic (exact) mass is 223 g/mol. The molecular weight excluding hydrogens is 202 g/mol. The Morgan fingerprint density at radius 2 is 2.25 bits per heavy atom. The molecule has 2 N–H and O–H groups in total. The van der Waals surface area contributed by atoms with Crippen LogP contribution in [-0.4, -0.2) is 35.4 Å². The Hall–Kier alpha value is -1.52. The first-order valence-electron chi connectivity index (χ1n) is 5.86. The van der Waals surface area contributed by atoms with Gasteiger partial charge in [0.25, 0.3) is 0 Å². The molecule has 0 unspecified atom stereocenters. The summed E-state index contributed by atoms with van der Waals surface area (Å²) in [6.07, 6.45) is 4.81. The number of hydrogen-bond donors (Lipinski definition) is 2. The van der Waals surface area contributed by atoms with Crippen molar-refractivity contribution in [3.63, 3.8) is 0 Å². The molecule has 0 bridgehead atoms. The summed E-state index contributed by atoms with van der Waals surface area (Å²) in [4.78, 5) is 4.42. The molecule has 0 saturated carbocycles. The molecular formula is C11H21N5. The van der Waals surface area contributed by atoms with Gasteiger partial charge in [0.15, 0.2) is 5.96 Å². The van der Waals surface area contributed by atoms with Gasteiger partial charge in [0.05, 0.1) is 6.54 Å². The third kappa shape index (κ3) is 4.82. The third-order valence-electron chi connectivity index (χ3n) is 2.03. The zero-order chi connectivity index (χ0) is 11.6. The van der Waals surface area contributed by atoms with E-state index in [1.165, 1.54) is 0 Å². The van der Waals surface area contributed by atoms with Crippen LogP contribution in [0.3, 0.4) is 0 Å². The molecule has 0 fully saturated rings. The van der Waals surface area contributed by atoms with Crippen molar-refractivity contribution in [2.45, 2.75) is 26.8 Å². The molecule has 0 amide bonds. The van der Waals surface area contributed by atoms with E-state index in [9.17, 15) is 0 Å². The van der Waals surface area contributed by atoms with E-state index >= 15 is 0 Å². The van der Waals surface area contributed by atoms with Crippen LogP contribution in [-0.2, 0) is 6.54 Å². The molecule has 0 aliphatic rings. The number of aliphatic imine (C=N–C) groups is 1. The van der Waals surface area contributed by atoms with Crippen molar-refractivity contribution in [3.8, 4) is 0 Å². The van der Waals surface area contributed by atoms with Crippen molar-refractivity contribution >= 4 is 5.96 Å². The van der Waals surface area contributed by atoms with Gasteiger partial charge in [-0.1, -0.05) is 6.92 Å². The molecule has 0 aliphatic carbocycles. The molecule has 1 aromatic heterocycles. The number of guanidine groups is 1. The van der Waals surface area contributed by atoms with E-state index in [1.54, 1.807) is 6.20 Å². The maximum absolute atomic E-state index is 4.42. The fourth-order valence-corrected chi connectivity index (χ4v) is 1.29. The largest absolute Gasteiger partial charge is 0.357 e. The SMILES string of the molecule is CCCN=C(NCC)NCCn1cccn1.